The van der Waals surface area contributed by atoms with Crippen LogP contribution in [0.1, 0.15) is 18.4 Å². The van der Waals surface area contributed by atoms with Crippen molar-refractivity contribution in [1.82, 2.24) is 15.1 Å². The molecule has 0 unspecified atom stereocenters. The molecule has 2 aromatic rings. The van der Waals surface area contributed by atoms with Crippen molar-refractivity contribution in [3.05, 3.63) is 55.4 Å². The van der Waals surface area contributed by atoms with E-state index in [4.69, 9.17) is 34.8 Å². The maximum Gasteiger partial charge on any atom is 0.285 e. The average molecular weight is 388 g/mol. The minimum Gasteiger partial charge on any atom is -0.380 e. The number of H-pyrrole nitrogens is 1. The smallest absolute Gasteiger partial charge is 0.285 e. The van der Waals surface area contributed by atoms with E-state index < -0.39 is 0 Å². The third-order valence-corrected chi connectivity index (χ3v) is 5.25. The van der Waals surface area contributed by atoms with Crippen molar-refractivity contribution >= 4 is 40.5 Å². The number of aromatic amines is 1. The Labute approximate surface area is 154 Å². The van der Waals surface area contributed by atoms with Crippen LogP contribution in [-0.2, 0) is 6.54 Å². The zero-order chi connectivity index (χ0) is 17.1. The molecule has 3 rings (SSSR count). The number of nitrogens with one attached hydrogen (secondary N) is 2. The average Bonchev–Trinajstić information content (AvgIpc) is 2.57. The molecule has 1 fully saturated rings. The van der Waals surface area contributed by atoms with E-state index in [1.807, 2.05) is 18.2 Å². The Bertz CT molecular complexity index is 772. The van der Waals surface area contributed by atoms with E-state index in [1.165, 1.54) is 0 Å². The maximum atomic E-state index is 11.5. The summed E-state index contributed by atoms with van der Waals surface area (Å²) in [4.78, 5) is 13.8. The van der Waals surface area contributed by atoms with E-state index >= 15 is 0 Å². The van der Waals surface area contributed by atoms with Crippen LogP contribution in [0.3, 0.4) is 0 Å². The van der Waals surface area contributed by atoms with Crippen molar-refractivity contribution in [2.45, 2.75) is 25.4 Å². The number of hydrogen-bond acceptors (Lipinski definition) is 4. The first-order chi connectivity index (χ1) is 11.5. The summed E-state index contributed by atoms with van der Waals surface area (Å²) in [6.07, 6.45) is 3.47. The van der Waals surface area contributed by atoms with Gasteiger partial charge in [-0.3, -0.25) is 9.69 Å². The molecular weight excluding hydrogens is 371 g/mol. The Kier molecular flexibility index (Phi) is 5.66. The molecule has 1 saturated heterocycles. The van der Waals surface area contributed by atoms with Gasteiger partial charge in [0, 0.05) is 25.7 Å². The minimum atomic E-state index is -0.376. The van der Waals surface area contributed by atoms with Gasteiger partial charge in [-0.1, -0.05) is 40.9 Å². The first-order valence-electron chi connectivity index (χ1n) is 7.69. The second-order valence-corrected chi connectivity index (χ2v) is 7.06. The number of piperidine rings is 1. The number of anilines is 1. The summed E-state index contributed by atoms with van der Waals surface area (Å²) in [6, 6.07) is 6.02. The van der Waals surface area contributed by atoms with Gasteiger partial charge >= 0.3 is 0 Å². The van der Waals surface area contributed by atoms with Crippen molar-refractivity contribution in [1.29, 1.82) is 0 Å². The van der Waals surface area contributed by atoms with E-state index in [-0.39, 0.29) is 16.6 Å². The molecule has 0 amide bonds. The van der Waals surface area contributed by atoms with Gasteiger partial charge in [-0.15, -0.1) is 0 Å². The summed E-state index contributed by atoms with van der Waals surface area (Å²) in [5, 5.41) is 10.7. The predicted octanol–water partition coefficient (Wildman–Crippen LogP) is 3.81. The van der Waals surface area contributed by atoms with Gasteiger partial charge in [0.15, 0.2) is 0 Å². The summed E-state index contributed by atoms with van der Waals surface area (Å²) in [7, 11) is 0. The number of aromatic nitrogens is 2. The summed E-state index contributed by atoms with van der Waals surface area (Å²) in [5.41, 5.74) is 1.36. The predicted molar refractivity (Wildman–Crippen MR) is 98.3 cm³/mol. The summed E-state index contributed by atoms with van der Waals surface area (Å²) in [5.74, 6) is 0. The molecule has 1 aromatic carbocycles. The Balaban J connectivity index is 1.55. The van der Waals surface area contributed by atoms with Crippen LogP contribution in [0.25, 0.3) is 0 Å². The normalized spacial score (nSPS) is 16.3. The highest BCUT2D eigenvalue weighted by atomic mass is 35.5. The molecule has 0 radical (unpaired) electrons. The number of hydrogen-bond donors (Lipinski definition) is 2. The molecule has 0 bridgehead atoms. The lowest BCUT2D eigenvalue weighted by molar-refractivity contribution is 0.211. The van der Waals surface area contributed by atoms with Crippen LogP contribution in [0.4, 0.5) is 5.69 Å². The molecule has 2 N–H and O–H groups in total. The Morgan fingerprint density at radius 1 is 1.21 bits per heavy atom. The van der Waals surface area contributed by atoms with Gasteiger partial charge in [0.1, 0.15) is 5.02 Å². The molecule has 0 atom stereocenters. The third kappa shape index (κ3) is 4.22. The van der Waals surface area contributed by atoms with Gasteiger partial charge < -0.3 is 5.32 Å². The molecule has 0 aliphatic carbocycles. The number of nitrogens with zero attached hydrogens (tertiary/aromatic N) is 2. The van der Waals surface area contributed by atoms with Gasteiger partial charge in [0.25, 0.3) is 5.56 Å². The van der Waals surface area contributed by atoms with Gasteiger partial charge in [-0.05, 0) is 30.5 Å². The highest BCUT2D eigenvalue weighted by Crippen LogP contribution is 2.25. The van der Waals surface area contributed by atoms with E-state index in [1.54, 1.807) is 6.20 Å². The number of benzene rings is 1. The molecule has 0 spiro atoms. The Morgan fingerprint density at radius 3 is 2.67 bits per heavy atom. The fourth-order valence-electron chi connectivity index (χ4n) is 2.84. The van der Waals surface area contributed by atoms with Gasteiger partial charge in [0.05, 0.1) is 21.9 Å². The number of halogens is 3. The lowest BCUT2D eigenvalue weighted by Crippen LogP contribution is -2.38. The first kappa shape index (κ1) is 17.5. The molecule has 1 aliphatic heterocycles. The SMILES string of the molecule is O=c1[nH]ncc(NC2CCN(Cc3ccc(Cl)c(Cl)c3)CC2)c1Cl. The number of rotatable bonds is 4. The quantitative estimate of drug-likeness (QED) is 0.837. The van der Waals surface area contributed by atoms with E-state index in [0.717, 1.165) is 38.0 Å². The van der Waals surface area contributed by atoms with Crippen LogP contribution in [0.2, 0.25) is 15.1 Å². The van der Waals surface area contributed by atoms with Crippen LogP contribution < -0.4 is 10.9 Å². The molecule has 8 heteroatoms. The third-order valence-electron chi connectivity index (χ3n) is 4.13. The minimum absolute atomic E-state index is 0.156. The van der Waals surface area contributed by atoms with Crippen LogP contribution >= 0.6 is 34.8 Å². The zero-order valence-electron chi connectivity index (χ0n) is 12.9. The molecule has 2 heterocycles. The van der Waals surface area contributed by atoms with Gasteiger partial charge in [-0.2, -0.15) is 5.10 Å². The molecule has 0 saturated carbocycles. The topological polar surface area (TPSA) is 61.0 Å². The van der Waals surface area contributed by atoms with Crippen molar-refractivity contribution in [2.24, 2.45) is 0 Å². The monoisotopic (exact) mass is 386 g/mol. The maximum absolute atomic E-state index is 11.5. The van der Waals surface area contributed by atoms with E-state index in [2.05, 4.69) is 20.4 Å². The fraction of sp³-hybridized carbons (Fsp3) is 0.375. The zero-order valence-corrected chi connectivity index (χ0v) is 15.1. The van der Waals surface area contributed by atoms with Crippen molar-refractivity contribution < 1.29 is 0 Å². The molecular formula is C16H17Cl3N4O. The van der Waals surface area contributed by atoms with Crippen molar-refractivity contribution in [3.8, 4) is 0 Å². The highest BCUT2D eigenvalue weighted by molar-refractivity contribution is 6.42. The number of likely N-dealkylation sites (tertiary alicyclic amines) is 1. The Hall–Kier alpha value is -1.27. The highest BCUT2D eigenvalue weighted by Gasteiger charge is 2.20. The van der Waals surface area contributed by atoms with Crippen molar-refractivity contribution in [2.75, 3.05) is 18.4 Å². The summed E-state index contributed by atoms with van der Waals surface area (Å²) < 4.78 is 0. The van der Waals surface area contributed by atoms with Crippen LogP contribution in [-0.4, -0.2) is 34.2 Å². The Morgan fingerprint density at radius 2 is 1.96 bits per heavy atom. The molecule has 1 aliphatic rings. The molecule has 24 heavy (non-hydrogen) atoms. The largest absolute Gasteiger partial charge is 0.380 e. The van der Waals surface area contributed by atoms with Crippen LogP contribution in [0.5, 0.6) is 0 Å². The van der Waals surface area contributed by atoms with E-state index in [0.29, 0.717) is 15.7 Å². The molecule has 1 aromatic heterocycles. The van der Waals surface area contributed by atoms with Crippen LogP contribution in [0, 0.1) is 0 Å². The lowest BCUT2D eigenvalue weighted by Gasteiger charge is -2.33. The summed E-state index contributed by atoms with van der Waals surface area (Å²) >= 11 is 18.0. The lowest BCUT2D eigenvalue weighted by atomic mass is 10.0. The fourth-order valence-corrected chi connectivity index (χ4v) is 3.30. The van der Waals surface area contributed by atoms with Gasteiger partial charge in [-0.25, -0.2) is 5.10 Å². The first-order valence-corrected chi connectivity index (χ1v) is 8.82. The molecule has 5 nitrogen and oxygen atoms in total. The second kappa shape index (κ2) is 7.74. The van der Waals surface area contributed by atoms with Crippen LogP contribution in [0.15, 0.2) is 29.2 Å². The molecule has 128 valence electrons. The standard InChI is InChI=1S/C16H17Cl3N4O/c17-12-2-1-10(7-13(12)18)9-23-5-3-11(4-6-23)21-14-8-20-22-16(24)15(14)19/h1-2,7-8,11H,3-6,9H2,(H2,21,22,24). The van der Waals surface area contributed by atoms with Gasteiger partial charge in [0.2, 0.25) is 0 Å². The van der Waals surface area contributed by atoms with Crippen molar-refractivity contribution in [3.63, 3.8) is 0 Å². The summed E-state index contributed by atoms with van der Waals surface area (Å²) in [6.45, 7) is 2.75. The van der Waals surface area contributed by atoms with E-state index in [9.17, 15) is 4.79 Å². The second-order valence-electron chi connectivity index (χ2n) is 5.87.